The first-order valence-electron chi connectivity index (χ1n) is 5.52. The maximum Gasteiger partial charge on any atom is 0.112 e. The minimum Gasteiger partial charge on any atom is -0.345 e. The molecular formula is C12H14N4. The molecule has 0 unspecified atom stereocenters. The van der Waals surface area contributed by atoms with Crippen molar-refractivity contribution in [1.82, 2.24) is 20.3 Å². The van der Waals surface area contributed by atoms with E-state index in [0.717, 1.165) is 35.9 Å². The molecule has 3 rings (SSSR count). The minimum atomic E-state index is 0.545. The second kappa shape index (κ2) is 3.72. The molecule has 0 aliphatic carbocycles. The van der Waals surface area contributed by atoms with Gasteiger partial charge in [0, 0.05) is 42.7 Å². The molecule has 2 N–H and O–H groups in total. The molecule has 1 aliphatic rings. The number of imidazole rings is 1. The average Bonchev–Trinajstić information content (AvgIpc) is 2.59. The molecule has 1 saturated heterocycles. The van der Waals surface area contributed by atoms with Crippen LogP contribution in [0.25, 0.3) is 11.3 Å². The number of aromatic nitrogens is 3. The molecule has 3 heterocycles. The second-order valence-electron chi connectivity index (χ2n) is 4.19. The van der Waals surface area contributed by atoms with Crippen LogP contribution in [0.4, 0.5) is 0 Å². The van der Waals surface area contributed by atoms with Gasteiger partial charge in [-0.05, 0) is 19.1 Å². The summed E-state index contributed by atoms with van der Waals surface area (Å²) in [5.74, 6) is 1.64. The number of hydrogen-bond donors (Lipinski definition) is 2. The van der Waals surface area contributed by atoms with E-state index in [-0.39, 0.29) is 0 Å². The Labute approximate surface area is 94.1 Å². The van der Waals surface area contributed by atoms with Crippen molar-refractivity contribution >= 4 is 0 Å². The molecule has 1 fully saturated rings. The van der Waals surface area contributed by atoms with E-state index < -0.39 is 0 Å². The smallest absolute Gasteiger partial charge is 0.112 e. The van der Waals surface area contributed by atoms with Crippen molar-refractivity contribution in [1.29, 1.82) is 0 Å². The molecule has 0 aromatic carbocycles. The summed E-state index contributed by atoms with van der Waals surface area (Å²) in [6, 6.07) is 3.98. The average molecular weight is 214 g/mol. The van der Waals surface area contributed by atoms with Gasteiger partial charge in [-0.15, -0.1) is 0 Å². The number of rotatable bonds is 2. The quantitative estimate of drug-likeness (QED) is 0.796. The van der Waals surface area contributed by atoms with Gasteiger partial charge in [0.25, 0.3) is 0 Å². The monoisotopic (exact) mass is 214 g/mol. The van der Waals surface area contributed by atoms with Crippen molar-refractivity contribution in [3.63, 3.8) is 0 Å². The van der Waals surface area contributed by atoms with Gasteiger partial charge < -0.3 is 10.3 Å². The first kappa shape index (κ1) is 9.54. The van der Waals surface area contributed by atoms with E-state index in [1.807, 2.05) is 18.3 Å². The predicted octanol–water partition coefficient (Wildman–Crippen LogP) is 1.47. The highest BCUT2D eigenvalue weighted by Gasteiger charge is 2.23. The Morgan fingerprint density at radius 3 is 2.88 bits per heavy atom. The van der Waals surface area contributed by atoms with Gasteiger partial charge in [0.1, 0.15) is 5.82 Å². The van der Waals surface area contributed by atoms with Gasteiger partial charge in [0.2, 0.25) is 0 Å². The number of nitrogens with one attached hydrogen (secondary N) is 2. The van der Waals surface area contributed by atoms with Crippen LogP contribution in [0.5, 0.6) is 0 Å². The lowest BCUT2D eigenvalue weighted by Crippen LogP contribution is -2.40. The lowest BCUT2D eigenvalue weighted by Gasteiger charge is -2.24. The minimum absolute atomic E-state index is 0.545. The van der Waals surface area contributed by atoms with Crippen LogP contribution < -0.4 is 5.32 Å². The highest BCUT2D eigenvalue weighted by Crippen LogP contribution is 2.24. The van der Waals surface area contributed by atoms with Crippen LogP contribution in [0, 0.1) is 6.92 Å². The largest absolute Gasteiger partial charge is 0.345 e. The summed E-state index contributed by atoms with van der Waals surface area (Å²) in [7, 11) is 0. The van der Waals surface area contributed by atoms with Crippen molar-refractivity contribution < 1.29 is 0 Å². The Kier molecular flexibility index (Phi) is 2.22. The van der Waals surface area contributed by atoms with Gasteiger partial charge in [0.05, 0.1) is 5.69 Å². The fourth-order valence-corrected chi connectivity index (χ4v) is 1.94. The molecule has 82 valence electrons. The molecule has 4 heteroatoms. The van der Waals surface area contributed by atoms with E-state index in [1.165, 1.54) is 0 Å². The fraction of sp³-hybridized carbons (Fsp3) is 0.333. The molecule has 4 nitrogen and oxygen atoms in total. The molecule has 0 bridgehead atoms. The zero-order valence-electron chi connectivity index (χ0n) is 9.20. The molecule has 16 heavy (non-hydrogen) atoms. The lowest BCUT2D eigenvalue weighted by atomic mass is 10.0. The van der Waals surface area contributed by atoms with Gasteiger partial charge >= 0.3 is 0 Å². The molecule has 0 saturated carbocycles. The van der Waals surface area contributed by atoms with E-state index in [4.69, 9.17) is 0 Å². The molecule has 0 amide bonds. The van der Waals surface area contributed by atoms with Crippen molar-refractivity contribution in [2.45, 2.75) is 12.8 Å². The Bertz CT molecular complexity index is 485. The summed E-state index contributed by atoms with van der Waals surface area (Å²) in [5, 5.41) is 3.26. The molecule has 1 aliphatic heterocycles. The first-order valence-corrected chi connectivity index (χ1v) is 5.52. The van der Waals surface area contributed by atoms with Gasteiger partial charge in [-0.2, -0.15) is 0 Å². The van der Waals surface area contributed by atoms with Crippen LogP contribution in [0.15, 0.2) is 24.5 Å². The zero-order valence-corrected chi connectivity index (χ0v) is 9.20. The van der Waals surface area contributed by atoms with Crippen molar-refractivity contribution in [3.05, 3.63) is 36.0 Å². The number of pyridine rings is 1. The SMILES string of the molecule is Cc1[nH]c(C2CNC2)nc1-c1cccnc1. The normalized spacial score (nSPS) is 16.1. The third-order valence-corrected chi connectivity index (χ3v) is 3.01. The van der Waals surface area contributed by atoms with Crippen LogP contribution in [0.3, 0.4) is 0 Å². The molecule has 0 radical (unpaired) electrons. The summed E-state index contributed by atoms with van der Waals surface area (Å²) in [6.07, 6.45) is 3.63. The first-order chi connectivity index (χ1) is 7.84. The van der Waals surface area contributed by atoms with E-state index in [1.54, 1.807) is 6.20 Å². The summed E-state index contributed by atoms with van der Waals surface area (Å²) < 4.78 is 0. The summed E-state index contributed by atoms with van der Waals surface area (Å²) >= 11 is 0. The van der Waals surface area contributed by atoms with Gasteiger partial charge in [-0.25, -0.2) is 4.98 Å². The summed E-state index contributed by atoms with van der Waals surface area (Å²) in [4.78, 5) is 12.2. The van der Waals surface area contributed by atoms with Gasteiger partial charge in [0.15, 0.2) is 0 Å². The molecule has 2 aromatic heterocycles. The molecule has 0 spiro atoms. The number of aryl methyl sites for hydroxylation is 1. The number of aromatic amines is 1. The van der Waals surface area contributed by atoms with E-state index in [9.17, 15) is 0 Å². The van der Waals surface area contributed by atoms with Crippen molar-refractivity contribution in [2.24, 2.45) is 0 Å². The Morgan fingerprint density at radius 1 is 1.38 bits per heavy atom. The highest BCUT2D eigenvalue weighted by atomic mass is 15.0. The van der Waals surface area contributed by atoms with Crippen LogP contribution in [0.1, 0.15) is 17.4 Å². The standard InChI is InChI=1S/C12H14N4/c1-8-11(9-3-2-4-13-5-9)16-12(15-8)10-6-14-7-10/h2-5,10,14H,6-7H2,1H3,(H,15,16). The third kappa shape index (κ3) is 1.51. The Balaban J connectivity index is 1.98. The summed E-state index contributed by atoms with van der Waals surface area (Å²) in [5.41, 5.74) is 3.22. The fourth-order valence-electron chi connectivity index (χ4n) is 1.94. The maximum absolute atomic E-state index is 4.67. The van der Waals surface area contributed by atoms with Gasteiger partial charge in [-0.3, -0.25) is 4.98 Å². The van der Waals surface area contributed by atoms with Gasteiger partial charge in [-0.1, -0.05) is 0 Å². The number of nitrogens with zero attached hydrogens (tertiary/aromatic N) is 2. The zero-order chi connectivity index (χ0) is 11.0. The maximum atomic E-state index is 4.67. The van der Waals surface area contributed by atoms with Crippen LogP contribution in [0.2, 0.25) is 0 Å². The molecular weight excluding hydrogens is 200 g/mol. The van der Waals surface area contributed by atoms with Crippen LogP contribution >= 0.6 is 0 Å². The number of hydrogen-bond acceptors (Lipinski definition) is 3. The van der Waals surface area contributed by atoms with Crippen LogP contribution in [-0.4, -0.2) is 28.0 Å². The molecule has 2 aromatic rings. The van der Waals surface area contributed by atoms with E-state index in [0.29, 0.717) is 5.92 Å². The van der Waals surface area contributed by atoms with Crippen molar-refractivity contribution in [2.75, 3.05) is 13.1 Å². The molecule has 0 atom stereocenters. The van der Waals surface area contributed by atoms with Crippen molar-refractivity contribution in [3.8, 4) is 11.3 Å². The topological polar surface area (TPSA) is 53.6 Å². The number of H-pyrrole nitrogens is 1. The lowest BCUT2D eigenvalue weighted by molar-refractivity contribution is 0.432. The van der Waals surface area contributed by atoms with Crippen LogP contribution in [-0.2, 0) is 0 Å². The summed E-state index contributed by atoms with van der Waals surface area (Å²) in [6.45, 7) is 4.11. The Hall–Kier alpha value is -1.68. The Morgan fingerprint density at radius 2 is 2.25 bits per heavy atom. The highest BCUT2D eigenvalue weighted by molar-refractivity contribution is 5.60. The van der Waals surface area contributed by atoms with E-state index >= 15 is 0 Å². The van der Waals surface area contributed by atoms with E-state index in [2.05, 4.69) is 27.2 Å². The predicted molar refractivity (Wildman–Crippen MR) is 62.2 cm³/mol. The second-order valence-corrected chi connectivity index (χ2v) is 4.19. The third-order valence-electron chi connectivity index (χ3n) is 3.01.